The highest BCUT2D eigenvalue weighted by Crippen LogP contribution is 2.34. The number of aryl methyl sites for hydroxylation is 1. The summed E-state index contributed by atoms with van der Waals surface area (Å²) in [6.45, 7) is 2.73. The van der Waals surface area contributed by atoms with Gasteiger partial charge in [-0.2, -0.15) is 4.98 Å². The van der Waals surface area contributed by atoms with Gasteiger partial charge in [-0.3, -0.25) is 4.79 Å². The minimum absolute atomic E-state index is 0.0729. The van der Waals surface area contributed by atoms with Gasteiger partial charge in [0.1, 0.15) is 0 Å². The molecule has 1 aromatic heterocycles. The maximum atomic E-state index is 12.7. The molecule has 0 saturated carbocycles. The number of ether oxygens (including phenoxy) is 2. The largest absolute Gasteiger partial charge is 0.493 e. The highest BCUT2D eigenvalue weighted by Gasteiger charge is 2.34. The zero-order chi connectivity index (χ0) is 21.8. The van der Waals surface area contributed by atoms with Crippen molar-refractivity contribution in [3.8, 4) is 23.0 Å². The molecular weight excluding hydrogens is 394 g/mol. The van der Waals surface area contributed by atoms with E-state index in [-0.39, 0.29) is 11.8 Å². The van der Waals surface area contributed by atoms with Crippen molar-refractivity contribution in [2.24, 2.45) is 0 Å². The van der Waals surface area contributed by atoms with E-state index in [2.05, 4.69) is 29.2 Å². The summed E-state index contributed by atoms with van der Waals surface area (Å²) >= 11 is 0. The van der Waals surface area contributed by atoms with Crippen molar-refractivity contribution in [3.05, 3.63) is 53.9 Å². The number of amides is 1. The molecule has 1 atom stereocenters. The standard InChI is InChI=1S/C24H27N3O4/c1-4-5-6-16-7-10-19(11-8-16)27-15-18(14-22(27)28)23-25-24(31-26-23)17-9-12-20(29-2)21(13-17)30-3/h7-13,18H,4-6,14-15H2,1-3H3. The van der Waals surface area contributed by atoms with Crippen LogP contribution in [0.1, 0.15) is 43.5 Å². The number of unbranched alkanes of at least 4 members (excludes halogenated alkanes) is 1. The highest BCUT2D eigenvalue weighted by atomic mass is 16.5. The number of carbonyl (C=O) groups is 1. The fraction of sp³-hybridized carbons (Fsp3) is 0.375. The monoisotopic (exact) mass is 421 g/mol. The molecule has 0 radical (unpaired) electrons. The number of hydrogen-bond donors (Lipinski definition) is 0. The molecule has 1 aliphatic rings. The molecule has 0 aliphatic carbocycles. The second-order valence-corrected chi connectivity index (χ2v) is 7.70. The molecule has 3 aromatic rings. The maximum Gasteiger partial charge on any atom is 0.258 e. The topological polar surface area (TPSA) is 77.7 Å². The first-order valence-electron chi connectivity index (χ1n) is 10.6. The molecule has 31 heavy (non-hydrogen) atoms. The van der Waals surface area contributed by atoms with Crippen molar-refractivity contribution in [1.29, 1.82) is 0 Å². The van der Waals surface area contributed by atoms with Gasteiger partial charge in [0.2, 0.25) is 5.91 Å². The van der Waals surface area contributed by atoms with E-state index in [9.17, 15) is 4.79 Å². The summed E-state index contributed by atoms with van der Waals surface area (Å²) in [7, 11) is 3.17. The third-order valence-electron chi connectivity index (χ3n) is 5.63. The molecule has 2 heterocycles. The lowest BCUT2D eigenvalue weighted by atomic mass is 10.1. The van der Waals surface area contributed by atoms with Gasteiger partial charge < -0.3 is 18.9 Å². The predicted octanol–water partition coefficient (Wildman–Crippen LogP) is 4.62. The Balaban J connectivity index is 1.48. The number of anilines is 1. The van der Waals surface area contributed by atoms with Gasteiger partial charge in [0, 0.05) is 30.1 Å². The first kappa shape index (κ1) is 20.9. The Bertz CT molecular complexity index is 1050. The molecule has 7 heteroatoms. The zero-order valence-corrected chi connectivity index (χ0v) is 18.1. The van der Waals surface area contributed by atoms with Crippen molar-refractivity contribution in [1.82, 2.24) is 10.1 Å². The van der Waals surface area contributed by atoms with Crippen LogP contribution < -0.4 is 14.4 Å². The second kappa shape index (κ2) is 9.20. The molecule has 0 bridgehead atoms. The number of carbonyl (C=O) groups excluding carboxylic acids is 1. The molecule has 0 N–H and O–H groups in total. The summed E-state index contributed by atoms with van der Waals surface area (Å²) in [5.74, 6) is 2.11. The Kier molecular flexibility index (Phi) is 6.21. The Labute approximate surface area is 182 Å². The van der Waals surface area contributed by atoms with Crippen LogP contribution in [0, 0.1) is 0 Å². The van der Waals surface area contributed by atoms with Crippen LogP contribution >= 0.6 is 0 Å². The molecule has 2 aromatic carbocycles. The molecule has 7 nitrogen and oxygen atoms in total. The van der Waals surface area contributed by atoms with Gasteiger partial charge in [-0.1, -0.05) is 30.6 Å². The molecule has 1 saturated heterocycles. The van der Waals surface area contributed by atoms with E-state index in [1.165, 1.54) is 18.4 Å². The minimum atomic E-state index is -0.107. The van der Waals surface area contributed by atoms with E-state index in [0.717, 1.165) is 17.7 Å². The van der Waals surface area contributed by atoms with E-state index in [1.807, 2.05) is 18.2 Å². The van der Waals surface area contributed by atoms with Gasteiger partial charge in [-0.05, 0) is 48.7 Å². The fourth-order valence-electron chi connectivity index (χ4n) is 3.84. The van der Waals surface area contributed by atoms with Crippen molar-refractivity contribution in [2.75, 3.05) is 25.7 Å². The third-order valence-corrected chi connectivity index (χ3v) is 5.63. The van der Waals surface area contributed by atoms with Gasteiger partial charge in [0.25, 0.3) is 5.89 Å². The lowest BCUT2D eigenvalue weighted by Crippen LogP contribution is -2.24. The average Bonchev–Trinajstić information content (AvgIpc) is 3.44. The van der Waals surface area contributed by atoms with E-state index >= 15 is 0 Å². The third kappa shape index (κ3) is 4.40. The van der Waals surface area contributed by atoms with Crippen LogP contribution in [-0.4, -0.2) is 36.8 Å². The van der Waals surface area contributed by atoms with Crippen LogP contribution in [-0.2, 0) is 11.2 Å². The van der Waals surface area contributed by atoms with E-state index in [0.29, 0.717) is 36.2 Å². The van der Waals surface area contributed by atoms with Crippen molar-refractivity contribution >= 4 is 11.6 Å². The van der Waals surface area contributed by atoms with Crippen LogP contribution in [0.15, 0.2) is 47.0 Å². The van der Waals surface area contributed by atoms with E-state index in [1.54, 1.807) is 31.3 Å². The Morgan fingerprint density at radius 1 is 1.10 bits per heavy atom. The maximum absolute atomic E-state index is 12.7. The van der Waals surface area contributed by atoms with E-state index in [4.69, 9.17) is 14.0 Å². The SMILES string of the molecule is CCCCc1ccc(N2CC(c3noc(-c4ccc(OC)c(OC)c4)n3)CC2=O)cc1. The quantitative estimate of drug-likeness (QED) is 0.528. The fourth-order valence-corrected chi connectivity index (χ4v) is 3.84. The first-order valence-corrected chi connectivity index (χ1v) is 10.6. The summed E-state index contributed by atoms with van der Waals surface area (Å²) in [6.07, 6.45) is 3.77. The van der Waals surface area contributed by atoms with Crippen LogP contribution in [0.5, 0.6) is 11.5 Å². The zero-order valence-electron chi connectivity index (χ0n) is 18.1. The van der Waals surface area contributed by atoms with Crippen LogP contribution in [0.3, 0.4) is 0 Å². The number of benzene rings is 2. The Morgan fingerprint density at radius 2 is 1.87 bits per heavy atom. The summed E-state index contributed by atoms with van der Waals surface area (Å²) in [5.41, 5.74) is 2.95. The van der Waals surface area contributed by atoms with Gasteiger partial charge in [-0.15, -0.1) is 0 Å². The Hall–Kier alpha value is -3.35. The van der Waals surface area contributed by atoms with Crippen molar-refractivity contribution < 1.29 is 18.8 Å². The predicted molar refractivity (Wildman–Crippen MR) is 118 cm³/mol. The lowest BCUT2D eigenvalue weighted by molar-refractivity contribution is -0.117. The Morgan fingerprint density at radius 3 is 2.58 bits per heavy atom. The van der Waals surface area contributed by atoms with Crippen molar-refractivity contribution in [2.45, 2.75) is 38.5 Å². The normalized spacial score (nSPS) is 16.0. The molecule has 1 amide bonds. The molecular formula is C24H27N3O4. The van der Waals surface area contributed by atoms with Gasteiger partial charge in [0.15, 0.2) is 17.3 Å². The summed E-state index contributed by atoms with van der Waals surface area (Å²) in [6, 6.07) is 13.7. The second-order valence-electron chi connectivity index (χ2n) is 7.70. The molecule has 1 fully saturated rings. The number of methoxy groups -OCH3 is 2. The van der Waals surface area contributed by atoms with Gasteiger partial charge in [-0.25, -0.2) is 0 Å². The van der Waals surface area contributed by atoms with E-state index < -0.39 is 0 Å². The van der Waals surface area contributed by atoms with Crippen LogP contribution in [0.25, 0.3) is 11.5 Å². The summed E-state index contributed by atoms with van der Waals surface area (Å²) < 4.78 is 16.1. The number of rotatable bonds is 8. The molecule has 1 aliphatic heterocycles. The highest BCUT2D eigenvalue weighted by molar-refractivity contribution is 5.96. The number of hydrogen-bond acceptors (Lipinski definition) is 6. The van der Waals surface area contributed by atoms with Crippen LogP contribution in [0.2, 0.25) is 0 Å². The minimum Gasteiger partial charge on any atom is -0.493 e. The van der Waals surface area contributed by atoms with Crippen molar-refractivity contribution in [3.63, 3.8) is 0 Å². The van der Waals surface area contributed by atoms with Gasteiger partial charge in [0.05, 0.1) is 14.2 Å². The number of nitrogens with zero attached hydrogens (tertiary/aromatic N) is 3. The summed E-state index contributed by atoms with van der Waals surface area (Å²) in [5, 5.41) is 4.15. The average molecular weight is 421 g/mol. The van der Waals surface area contributed by atoms with Gasteiger partial charge >= 0.3 is 0 Å². The summed E-state index contributed by atoms with van der Waals surface area (Å²) in [4.78, 5) is 19.0. The lowest BCUT2D eigenvalue weighted by Gasteiger charge is -2.16. The molecule has 0 spiro atoms. The smallest absolute Gasteiger partial charge is 0.258 e. The van der Waals surface area contributed by atoms with Crippen LogP contribution in [0.4, 0.5) is 5.69 Å². The first-order chi connectivity index (χ1) is 15.1. The molecule has 1 unspecified atom stereocenters. The molecule has 162 valence electrons. The number of aromatic nitrogens is 2. The molecule has 4 rings (SSSR count).